The smallest absolute Gasteiger partial charge is 0.237 e. The Hall–Kier alpha value is -1.54. The fraction of sp³-hybridized carbons (Fsp3) is 0.714. The molecule has 1 aromatic heterocycles. The van der Waals surface area contributed by atoms with Crippen LogP contribution in [0.15, 0.2) is 0 Å². The Labute approximate surface area is 134 Å². The number of rotatable bonds is 6. The summed E-state index contributed by atoms with van der Waals surface area (Å²) >= 11 is 1.53. The molecule has 22 heavy (non-hydrogen) atoms. The minimum atomic E-state index is -0.377. The maximum absolute atomic E-state index is 12.1. The Balaban J connectivity index is 1.80. The number of aromatic nitrogens is 2. The summed E-state index contributed by atoms with van der Waals surface area (Å²) in [6, 6.07) is -0.134. The summed E-state index contributed by atoms with van der Waals surface area (Å²) in [4.78, 5) is 26.1. The van der Waals surface area contributed by atoms with Crippen LogP contribution in [0.3, 0.4) is 0 Å². The normalized spacial score (nSPS) is 19.3. The van der Waals surface area contributed by atoms with E-state index in [1.807, 2.05) is 20.8 Å². The van der Waals surface area contributed by atoms with Gasteiger partial charge in [-0.15, -0.1) is 21.5 Å². The quantitative estimate of drug-likeness (QED) is 0.775. The molecule has 2 rings (SSSR count). The van der Waals surface area contributed by atoms with E-state index in [1.165, 1.54) is 11.3 Å². The first-order chi connectivity index (χ1) is 10.5. The summed E-state index contributed by atoms with van der Waals surface area (Å²) in [5, 5.41) is 15.5. The predicted octanol–water partition coefficient (Wildman–Crippen LogP) is 0.104. The van der Waals surface area contributed by atoms with Gasteiger partial charge in [0.15, 0.2) is 0 Å². The Bertz CT molecular complexity index is 531. The number of aryl methyl sites for hydroxylation is 1. The standard InChI is InChI=1S/C14H23N5O2S/c1-9(2)19-7-6-16-14(21)11(19)8-12(20)15-5-4-13-18-17-10(3)22-13/h9,11H,4-8H2,1-3H3,(H,15,20)(H,16,21). The van der Waals surface area contributed by atoms with Crippen LogP contribution < -0.4 is 10.6 Å². The topological polar surface area (TPSA) is 87.2 Å². The van der Waals surface area contributed by atoms with Crippen LogP contribution in [0, 0.1) is 6.92 Å². The summed E-state index contributed by atoms with van der Waals surface area (Å²) in [7, 11) is 0. The summed E-state index contributed by atoms with van der Waals surface area (Å²) in [6.07, 6.45) is 0.862. The van der Waals surface area contributed by atoms with Gasteiger partial charge in [0, 0.05) is 32.1 Å². The number of piperazine rings is 1. The lowest BCUT2D eigenvalue weighted by molar-refractivity contribution is -0.134. The molecule has 0 aliphatic carbocycles. The van der Waals surface area contributed by atoms with Gasteiger partial charge < -0.3 is 10.6 Å². The van der Waals surface area contributed by atoms with Crippen molar-refractivity contribution >= 4 is 23.2 Å². The van der Waals surface area contributed by atoms with Crippen molar-refractivity contribution in [2.24, 2.45) is 0 Å². The first kappa shape index (κ1) is 16.8. The number of hydrogen-bond donors (Lipinski definition) is 2. The lowest BCUT2D eigenvalue weighted by Crippen LogP contribution is -2.58. The van der Waals surface area contributed by atoms with E-state index in [4.69, 9.17) is 0 Å². The van der Waals surface area contributed by atoms with Crippen molar-refractivity contribution in [2.45, 2.75) is 45.7 Å². The monoisotopic (exact) mass is 325 g/mol. The first-order valence-electron chi connectivity index (χ1n) is 7.56. The molecule has 1 saturated heterocycles. The van der Waals surface area contributed by atoms with Gasteiger partial charge in [0.25, 0.3) is 0 Å². The first-order valence-corrected chi connectivity index (χ1v) is 8.38. The van der Waals surface area contributed by atoms with Gasteiger partial charge in [-0.05, 0) is 20.8 Å². The fourth-order valence-corrected chi connectivity index (χ4v) is 3.26. The molecular formula is C14H23N5O2S. The van der Waals surface area contributed by atoms with Crippen molar-refractivity contribution < 1.29 is 9.59 Å². The van der Waals surface area contributed by atoms with E-state index >= 15 is 0 Å². The number of amides is 2. The second kappa shape index (κ2) is 7.64. The average molecular weight is 325 g/mol. The molecular weight excluding hydrogens is 302 g/mol. The van der Waals surface area contributed by atoms with Crippen LogP contribution in [0.25, 0.3) is 0 Å². The van der Waals surface area contributed by atoms with E-state index in [-0.39, 0.29) is 30.3 Å². The Morgan fingerprint density at radius 2 is 2.27 bits per heavy atom. The Morgan fingerprint density at radius 3 is 2.91 bits per heavy atom. The molecule has 7 nitrogen and oxygen atoms in total. The zero-order valence-electron chi connectivity index (χ0n) is 13.3. The van der Waals surface area contributed by atoms with Crippen molar-refractivity contribution in [3.05, 3.63) is 10.0 Å². The van der Waals surface area contributed by atoms with Crippen molar-refractivity contribution in [3.63, 3.8) is 0 Å². The second-order valence-electron chi connectivity index (χ2n) is 5.66. The van der Waals surface area contributed by atoms with Gasteiger partial charge in [-0.1, -0.05) is 0 Å². The van der Waals surface area contributed by atoms with Crippen molar-refractivity contribution in [2.75, 3.05) is 19.6 Å². The van der Waals surface area contributed by atoms with Gasteiger partial charge in [0.2, 0.25) is 11.8 Å². The largest absolute Gasteiger partial charge is 0.356 e. The van der Waals surface area contributed by atoms with Crippen molar-refractivity contribution in [3.8, 4) is 0 Å². The number of hydrogen-bond acceptors (Lipinski definition) is 6. The molecule has 0 aromatic carbocycles. The second-order valence-corrected chi connectivity index (χ2v) is 6.92. The molecule has 2 N–H and O–H groups in total. The van der Waals surface area contributed by atoms with Crippen LogP contribution in [0.2, 0.25) is 0 Å². The van der Waals surface area contributed by atoms with Gasteiger partial charge in [-0.3, -0.25) is 14.5 Å². The predicted molar refractivity (Wildman–Crippen MR) is 84.6 cm³/mol. The van der Waals surface area contributed by atoms with Crippen molar-refractivity contribution in [1.82, 2.24) is 25.7 Å². The van der Waals surface area contributed by atoms with E-state index in [2.05, 4.69) is 25.7 Å². The van der Waals surface area contributed by atoms with Crippen LogP contribution in [0.1, 0.15) is 30.3 Å². The Kier molecular flexibility index (Phi) is 5.84. The zero-order chi connectivity index (χ0) is 16.1. The molecule has 1 aromatic rings. The maximum atomic E-state index is 12.1. The summed E-state index contributed by atoms with van der Waals surface area (Å²) in [6.45, 7) is 7.94. The molecule has 0 bridgehead atoms. The van der Waals surface area contributed by atoms with E-state index < -0.39 is 0 Å². The van der Waals surface area contributed by atoms with Gasteiger partial charge in [-0.2, -0.15) is 0 Å². The maximum Gasteiger partial charge on any atom is 0.237 e. The molecule has 0 radical (unpaired) electrons. The van der Waals surface area contributed by atoms with E-state index in [0.717, 1.165) is 16.6 Å². The third-order valence-electron chi connectivity index (χ3n) is 3.64. The minimum Gasteiger partial charge on any atom is -0.356 e. The SMILES string of the molecule is Cc1nnc(CCNC(=O)CC2C(=O)NCCN2C(C)C)s1. The Morgan fingerprint density at radius 1 is 1.50 bits per heavy atom. The summed E-state index contributed by atoms with van der Waals surface area (Å²) in [5.41, 5.74) is 0. The molecule has 1 aliphatic rings. The molecule has 122 valence electrons. The highest BCUT2D eigenvalue weighted by atomic mass is 32.1. The highest BCUT2D eigenvalue weighted by Crippen LogP contribution is 2.13. The van der Waals surface area contributed by atoms with Gasteiger partial charge in [0.05, 0.1) is 12.5 Å². The van der Waals surface area contributed by atoms with Crippen molar-refractivity contribution in [1.29, 1.82) is 0 Å². The molecule has 1 atom stereocenters. The van der Waals surface area contributed by atoms with Crippen LogP contribution in [-0.4, -0.2) is 58.6 Å². The van der Waals surface area contributed by atoms with Gasteiger partial charge in [-0.25, -0.2) is 0 Å². The molecule has 0 saturated carbocycles. The van der Waals surface area contributed by atoms with E-state index in [0.29, 0.717) is 19.5 Å². The number of nitrogens with one attached hydrogen (secondary N) is 2. The molecule has 0 spiro atoms. The molecule has 2 heterocycles. The molecule has 1 aliphatic heterocycles. The highest BCUT2D eigenvalue weighted by molar-refractivity contribution is 7.11. The van der Waals surface area contributed by atoms with Crippen LogP contribution >= 0.6 is 11.3 Å². The number of carbonyl (C=O) groups is 2. The lowest BCUT2D eigenvalue weighted by atomic mass is 10.1. The van der Waals surface area contributed by atoms with Gasteiger partial charge >= 0.3 is 0 Å². The van der Waals surface area contributed by atoms with E-state index in [1.54, 1.807) is 0 Å². The third-order valence-corrected chi connectivity index (χ3v) is 4.54. The van der Waals surface area contributed by atoms with Crippen LogP contribution in [0.4, 0.5) is 0 Å². The average Bonchev–Trinajstić information content (AvgIpc) is 2.86. The number of carbonyl (C=O) groups excluding carboxylic acids is 2. The van der Waals surface area contributed by atoms with Gasteiger partial charge in [0.1, 0.15) is 10.0 Å². The minimum absolute atomic E-state index is 0.0603. The summed E-state index contributed by atoms with van der Waals surface area (Å²) < 4.78 is 0. The van der Waals surface area contributed by atoms with Crippen LogP contribution in [-0.2, 0) is 16.0 Å². The fourth-order valence-electron chi connectivity index (χ4n) is 2.56. The third kappa shape index (κ3) is 4.48. The zero-order valence-corrected chi connectivity index (χ0v) is 14.1. The number of nitrogens with zero attached hydrogens (tertiary/aromatic N) is 3. The molecule has 8 heteroatoms. The molecule has 1 unspecified atom stereocenters. The molecule has 1 fully saturated rings. The molecule has 2 amide bonds. The summed E-state index contributed by atoms with van der Waals surface area (Å²) in [5.74, 6) is -0.163. The van der Waals surface area contributed by atoms with Crippen LogP contribution in [0.5, 0.6) is 0 Å². The van der Waals surface area contributed by atoms with E-state index in [9.17, 15) is 9.59 Å². The highest BCUT2D eigenvalue weighted by Gasteiger charge is 2.32. The lowest BCUT2D eigenvalue weighted by Gasteiger charge is -2.37.